The van der Waals surface area contributed by atoms with Crippen LogP contribution in [0.15, 0.2) is 23.1 Å². The number of halogens is 1. The van der Waals surface area contributed by atoms with E-state index in [-0.39, 0.29) is 10.9 Å². The first-order valence-electron chi connectivity index (χ1n) is 5.01. The van der Waals surface area contributed by atoms with Gasteiger partial charge in [-0.25, -0.2) is 4.39 Å². The molecule has 0 aromatic heterocycles. The molecule has 0 fully saturated rings. The van der Waals surface area contributed by atoms with Crippen LogP contribution in [0.25, 0.3) is 0 Å². The Balaban J connectivity index is 2.87. The van der Waals surface area contributed by atoms with Crippen molar-refractivity contribution in [2.75, 3.05) is 5.73 Å². The summed E-state index contributed by atoms with van der Waals surface area (Å²) in [5, 5.41) is 0.0537. The molecule has 1 aromatic rings. The Morgan fingerprint density at radius 3 is 2.73 bits per heavy atom. The number of nitrogens with two attached hydrogens (primary N) is 1. The molecule has 0 heterocycles. The highest BCUT2D eigenvalue weighted by molar-refractivity contribution is 7.85. The second kappa shape index (κ2) is 5.26. The minimum Gasteiger partial charge on any atom is -0.396 e. The molecule has 0 radical (unpaired) electrons. The average molecular weight is 229 g/mol. The number of benzene rings is 1. The predicted octanol–water partition coefficient (Wildman–Crippen LogP) is 2.70. The first kappa shape index (κ1) is 12.2. The van der Waals surface area contributed by atoms with Crippen molar-refractivity contribution in [1.29, 1.82) is 0 Å². The lowest BCUT2D eigenvalue weighted by Gasteiger charge is -2.10. The standard InChI is InChI=1S/C11H16FNOS/c1-3-4-8(2)15(14)9-5-6-11(13)10(12)7-9/h5-8H,3-4,13H2,1-2H3. The Morgan fingerprint density at radius 1 is 1.53 bits per heavy atom. The van der Waals surface area contributed by atoms with E-state index >= 15 is 0 Å². The van der Waals surface area contributed by atoms with Gasteiger partial charge in [0.15, 0.2) is 0 Å². The first-order valence-corrected chi connectivity index (χ1v) is 6.23. The fourth-order valence-corrected chi connectivity index (χ4v) is 2.72. The zero-order valence-corrected chi connectivity index (χ0v) is 9.81. The van der Waals surface area contributed by atoms with Gasteiger partial charge in [0, 0.05) is 10.1 Å². The average Bonchev–Trinajstić information content (AvgIpc) is 2.21. The molecular formula is C11H16FNOS. The van der Waals surface area contributed by atoms with Crippen LogP contribution in [-0.2, 0) is 10.8 Å². The van der Waals surface area contributed by atoms with E-state index in [0.29, 0.717) is 4.90 Å². The fraction of sp³-hybridized carbons (Fsp3) is 0.455. The van der Waals surface area contributed by atoms with Gasteiger partial charge in [0.05, 0.1) is 16.5 Å². The summed E-state index contributed by atoms with van der Waals surface area (Å²) in [4.78, 5) is 0.516. The van der Waals surface area contributed by atoms with E-state index in [1.54, 1.807) is 6.07 Å². The van der Waals surface area contributed by atoms with Crippen molar-refractivity contribution >= 4 is 16.5 Å². The third-order valence-electron chi connectivity index (χ3n) is 2.26. The lowest BCUT2D eigenvalue weighted by atomic mass is 10.3. The van der Waals surface area contributed by atoms with Crippen LogP contribution in [0.5, 0.6) is 0 Å². The van der Waals surface area contributed by atoms with Crippen molar-refractivity contribution < 1.29 is 8.60 Å². The molecule has 1 aromatic carbocycles. The zero-order chi connectivity index (χ0) is 11.4. The Morgan fingerprint density at radius 2 is 2.20 bits per heavy atom. The van der Waals surface area contributed by atoms with Gasteiger partial charge in [0.25, 0.3) is 0 Å². The summed E-state index contributed by atoms with van der Waals surface area (Å²) in [5.41, 5.74) is 5.45. The van der Waals surface area contributed by atoms with E-state index in [1.165, 1.54) is 12.1 Å². The number of nitrogen functional groups attached to an aromatic ring is 1. The molecule has 0 saturated heterocycles. The summed E-state index contributed by atoms with van der Waals surface area (Å²) >= 11 is 0. The second-order valence-electron chi connectivity index (χ2n) is 3.58. The summed E-state index contributed by atoms with van der Waals surface area (Å²) in [7, 11) is -1.14. The molecule has 2 nitrogen and oxygen atoms in total. The molecule has 0 saturated carbocycles. The maximum Gasteiger partial charge on any atom is 0.147 e. The van der Waals surface area contributed by atoms with Crippen LogP contribution in [0, 0.1) is 5.82 Å². The Labute approximate surface area is 92.1 Å². The van der Waals surface area contributed by atoms with Crippen molar-refractivity contribution in [3.8, 4) is 0 Å². The molecule has 2 N–H and O–H groups in total. The Hall–Kier alpha value is -0.900. The Kier molecular flexibility index (Phi) is 4.27. The summed E-state index contributed by atoms with van der Waals surface area (Å²) in [5.74, 6) is -0.496. The number of hydrogen-bond acceptors (Lipinski definition) is 2. The molecule has 0 bridgehead atoms. The molecule has 0 aliphatic carbocycles. The molecule has 0 spiro atoms. The SMILES string of the molecule is CCCC(C)S(=O)c1ccc(N)c(F)c1. The molecule has 1 rings (SSSR count). The smallest absolute Gasteiger partial charge is 0.147 e. The highest BCUT2D eigenvalue weighted by atomic mass is 32.2. The van der Waals surface area contributed by atoms with Gasteiger partial charge in [0.1, 0.15) is 5.82 Å². The minimum absolute atomic E-state index is 0.0537. The third-order valence-corrected chi connectivity index (χ3v) is 3.95. The van der Waals surface area contributed by atoms with Crippen LogP contribution in [0.4, 0.5) is 10.1 Å². The molecule has 0 amide bonds. The van der Waals surface area contributed by atoms with Gasteiger partial charge in [0.2, 0.25) is 0 Å². The van der Waals surface area contributed by atoms with Crippen molar-refractivity contribution in [3.05, 3.63) is 24.0 Å². The van der Waals surface area contributed by atoms with Gasteiger partial charge >= 0.3 is 0 Å². The third kappa shape index (κ3) is 3.02. The molecule has 15 heavy (non-hydrogen) atoms. The molecule has 84 valence electrons. The van der Waals surface area contributed by atoms with Gasteiger partial charge in [-0.2, -0.15) is 0 Å². The monoisotopic (exact) mass is 229 g/mol. The van der Waals surface area contributed by atoms with Crippen LogP contribution >= 0.6 is 0 Å². The topological polar surface area (TPSA) is 43.1 Å². The second-order valence-corrected chi connectivity index (χ2v) is 5.45. The van der Waals surface area contributed by atoms with E-state index in [2.05, 4.69) is 0 Å². The van der Waals surface area contributed by atoms with Crippen molar-refractivity contribution in [1.82, 2.24) is 0 Å². The highest BCUT2D eigenvalue weighted by Crippen LogP contribution is 2.19. The van der Waals surface area contributed by atoms with Crippen LogP contribution in [0.3, 0.4) is 0 Å². The summed E-state index contributed by atoms with van der Waals surface area (Å²) in [6.45, 7) is 3.95. The summed E-state index contributed by atoms with van der Waals surface area (Å²) in [6, 6.07) is 4.35. The fourth-order valence-electron chi connectivity index (χ4n) is 1.38. The van der Waals surface area contributed by atoms with E-state index in [1.807, 2.05) is 13.8 Å². The van der Waals surface area contributed by atoms with E-state index < -0.39 is 16.6 Å². The number of anilines is 1. The first-order chi connectivity index (χ1) is 7.06. The molecule has 4 heteroatoms. The Bertz CT molecular complexity index is 368. The van der Waals surface area contributed by atoms with Gasteiger partial charge < -0.3 is 5.73 Å². The van der Waals surface area contributed by atoms with Crippen LogP contribution in [0.1, 0.15) is 26.7 Å². The predicted molar refractivity (Wildman–Crippen MR) is 61.6 cm³/mol. The number of rotatable bonds is 4. The molecule has 0 aliphatic rings. The lowest BCUT2D eigenvalue weighted by Crippen LogP contribution is -2.10. The zero-order valence-electron chi connectivity index (χ0n) is 9.00. The maximum atomic E-state index is 13.1. The van der Waals surface area contributed by atoms with E-state index in [9.17, 15) is 8.60 Å². The summed E-state index contributed by atoms with van der Waals surface area (Å²) in [6.07, 6.45) is 1.85. The lowest BCUT2D eigenvalue weighted by molar-refractivity contribution is 0.625. The van der Waals surface area contributed by atoms with Crippen LogP contribution in [0.2, 0.25) is 0 Å². The van der Waals surface area contributed by atoms with Gasteiger partial charge in [-0.15, -0.1) is 0 Å². The minimum atomic E-state index is -1.14. The maximum absolute atomic E-state index is 13.1. The highest BCUT2D eigenvalue weighted by Gasteiger charge is 2.13. The van der Waals surface area contributed by atoms with E-state index in [4.69, 9.17) is 5.73 Å². The van der Waals surface area contributed by atoms with Gasteiger partial charge in [-0.1, -0.05) is 20.3 Å². The molecule has 2 atom stereocenters. The quantitative estimate of drug-likeness (QED) is 0.807. The van der Waals surface area contributed by atoms with Gasteiger partial charge in [-0.05, 0) is 24.6 Å². The number of hydrogen-bond donors (Lipinski definition) is 1. The molecule has 0 aliphatic heterocycles. The van der Waals surface area contributed by atoms with Crippen LogP contribution in [-0.4, -0.2) is 9.46 Å². The van der Waals surface area contributed by atoms with Crippen molar-refractivity contribution in [2.45, 2.75) is 36.8 Å². The summed E-state index contributed by atoms with van der Waals surface area (Å²) < 4.78 is 25.0. The van der Waals surface area contributed by atoms with E-state index in [0.717, 1.165) is 12.8 Å². The van der Waals surface area contributed by atoms with Gasteiger partial charge in [-0.3, -0.25) is 4.21 Å². The molecule has 2 unspecified atom stereocenters. The van der Waals surface area contributed by atoms with Crippen molar-refractivity contribution in [2.24, 2.45) is 0 Å². The van der Waals surface area contributed by atoms with Crippen molar-refractivity contribution in [3.63, 3.8) is 0 Å². The largest absolute Gasteiger partial charge is 0.396 e. The van der Waals surface area contributed by atoms with Crippen LogP contribution < -0.4 is 5.73 Å². The molecular weight excluding hydrogens is 213 g/mol. The normalized spacial score (nSPS) is 14.9.